The van der Waals surface area contributed by atoms with Crippen LogP contribution < -0.4 is 20.5 Å². The summed E-state index contributed by atoms with van der Waals surface area (Å²) in [4.78, 5) is 0. The topological polar surface area (TPSA) is 56.5 Å². The molecule has 0 fully saturated rings. The molecular formula is C14H24N2O2S. The van der Waals surface area contributed by atoms with Crippen LogP contribution in [0.4, 0.5) is 5.69 Å². The van der Waals surface area contributed by atoms with Crippen molar-refractivity contribution in [3.8, 4) is 11.5 Å². The Morgan fingerprint density at radius 3 is 2.84 bits per heavy atom. The highest BCUT2D eigenvalue weighted by Gasteiger charge is 2.06. The van der Waals surface area contributed by atoms with Crippen LogP contribution in [0.15, 0.2) is 18.2 Å². The van der Waals surface area contributed by atoms with Crippen molar-refractivity contribution >= 4 is 17.4 Å². The Hall–Kier alpha value is -1.07. The third kappa shape index (κ3) is 5.61. The highest BCUT2D eigenvalue weighted by Crippen LogP contribution is 2.29. The molecule has 108 valence electrons. The molecule has 5 heteroatoms. The van der Waals surface area contributed by atoms with Gasteiger partial charge in [-0.1, -0.05) is 6.92 Å². The second kappa shape index (κ2) is 8.93. The molecule has 0 radical (unpaired) electrons. The SMILES string of the molecule is CC[C@H](N)CNc1ccc(OCCSC)cc1OC. The van der Waals surface area contributed by atoms with Gasteiger partial charge in [-0.2, -0.15) is 11.8 Å². The quantitative estimate of drug-likeness (QED) is 0.683. The fourth-order valence-corrected chi connectivity index (χ4v) is 1.79. The summed E-state index contributed by atoms with van der Waals surface area (Å²) in [5.41, 5.74) is 6.84. The van der Waals surface area contributed by atoms with Gasteiger partial charge in [0.25, 0.3) is 0 Å². The van der Waals surface area contributed by atoms with Crippen LogP contribution in [0.2, 0.25) is 0 Å². The fraction of sp³-hybridized carbons (Fsp3) is 0.571. The zero-order valence-electron chi connectivity index (χ0n) is 11.9. The first-order chi connectivity index (χ1) is 9.21. The van der Waals surface area contributed by atoms with E-state index in [9.17, 15) is 0 Å². The fourth-order valence-electron chi connectivity index (χ4n) is 1.54. The summed E-state index contributed by atoms with van der Waals surface area (Å²) in [6.07, 6.45) is 3.01. The molecule has 0 aromatic heterocycles. The monoisotopic (exact) mass is 284 g/mol. The molecular weight excluding hydrogens is 260 g/mol. The summed E-state index contributed by atoms with van der Waals surface area (Å²) < 4.78 is 11.0. The van der Waals surface area contributed by atoms with Crippen molar-refractivity contribution in [2.75, 3.05) is 37.6 Å². The highest BCUT2D eigenvalue weighted by molar-refractivity contribution is 7.98. The molecule has 1 aromatic rings. The lowest BCUT2D eigenvalue weighted by molar-refractivity contribution is 0.340. The largest absolute Gasteiger partial charge is 0.494 e. The van der Waals surface area contributed by atoms with Gasteiger partial charge in [0.05, 0.1) is 19.4 Å². The van der Waals surface area contributed by atoms with Gasteiger partial charge >= 0.3 is 0 Å². The third-order valence-corrected chi connectivity index (χ3v) is 3.38. The number of rotatable bonds is 9. The van der Waals surface area contributed by atoms with Gasteiger partial charge in [-0.15, -0.1) is 0 Å². The second-order valence-corrected chi connectivity index (χ2v) is 5.24. The van der Waals surface area contributed by atoms with Crippen LogP contribution in [0, 0.1) is 0 Å². The lowest BCUT2D eigenvalue weighted by atomic mass is 10.2. The maximum atomic E-state index is 5.89. The maximum Gasteiger partial charge on any atom is 0.145 e. The van der Waals surface area contributed by atoms with Crippen LogP contribution in [-0.2, 0) is 0 Å². The molecule has 0 bridgehead atoms. The lowest BCUT2D eigenvalue weighted by Gasteiger charge is -2.15. The van der Waals surface area contributed by atoms with Crippen LogP contribution in [-0.4, -0.2) is 38.3 Å². The average molecular weight is 284 g/mol. The predicted molar refractivity (Wildman–Crippen MR) is 83.6 cm³/mol. The Kier molecular flexibility index (Phi) is 7.52. The zero-order valence-corrected chi connectivity index (χ0v) is 12.8. The normalized spacial score (nSPS) is 12.0. The van der Waals surface area contributed by atoms with Crippen molar-refractivity contribution in [2.24, 2.45) is 5.73 Å². The number of anilines is 1. The molecule has 19 heavy (non-hydrogen) atoms. The number of thioether (sulfide) groups is 1. The van der Waals surface area contributed by atoms with Gasteiger partial charge in [0.2, 0.25) is 0 Å². The number of benzene rings is 1. The van der Waals surface area contributed by atoms with Gasteiger partial charge in [-0.05, 0) is 24.8 Å². The van der Waals surface area contributed by atoms with E-state index in [-0.39, 0.29) is 6.04 Å². The molecule has 4 nitrogen and oxygen atoms in total. The summed E-state index contributed by atoms with van der Waals surface area (Å²) >= 11 is 1.77. The summed E-state index contributed by atoms with van der Waals surface area (Å²) in [5.74, 6) is 2.59. The molecule has 1 atom stereocenters. The van der Waals surface area contributed by atoms with Crippen molar-refractivity contribution in [3.05, 3.63) is 18.2 Å². The maximum absolute atomic E-state index is 5.89. The van der Waals surface area contributed by atoms with E-state index in [4.69, 9.17) is 15.2 Å². The van der Waals surface area contributed by atoms with E-state index in [0.29, 0.717) is 6.61 Å². The number of hydrogen-bond donors (Lipinski definition) is 2. The van der Waals surface area contributed by atoms with Gasteiger partial charge < -0.3 is 20.5 Å². The molecule has 0 aliphatic rings. The standard InChI is InChI=1S/C14H24N2O2S/c1-4-11(15)10-16-13-6-5-12(9-14(13)17-2)18-7-8-19-3/h5-6,9,11,16H,4,7-8,10,15H2,1-3H3/t11-/m0/s1. The number of ether oxygens (including phenoxy) is 2. The molecule has 0 aliphatic heterocycles. The summed E-state index contributed by atoms with van der Waals surface area (Å²) in [7, 11) is 1.66. The average Bonchev–Trinajstić information content (AvgIpc) is 2.45. The molecule has 0 aliphatic carbocycles. The minimum atomic E-state index is 0.155. The highest BCUT2D eigenvalue weighted by atomic mass is 32.2. The van der Waals surface area contributed by atoms with Gasteiger partial charge in [0.1, 0.15) is 11.5 Å². The third-order valence-electron chi connectivity index (χ3n) is 2.81. The number of hydrogen-bond acceptors (Lipinski definition) is 5. The van der Waals surface area contributed by atoms with E-state index in [1.807, 2.05) is 18.2 Å². The van der Waals surface area contributed by atoms with Gasteiger partial charge in [0, 0.05) is 24.4 Å². The van der Waals surface area contributed by atoms with Crippen LogP contribution in [0.1, 0.15) is 13.3 Å². The van der Waals surface area contributed by atoms with Crippen molar-refractivity contribution in [1.29, 1.82) is 0 Å². The molecule has 0 spiro atoms. The predicted octanol–water partition coefficient (Wildman–Crippen LogP) is 2.59. The van der Waals surface area contributed by atoms with E-state index < -0.39 is 0 Å². The van der Waals surface area contributed by atoms with Crippen LogP contribution in [0.25, 0.3) is 0 Å². The first kappa shape index (κ1) is 16.0. The Bertz CT molecular complexity index is 374. The van der Waals surface area contributed by atoms with Crippen molar-refractivity contribution in [2.45, 2.75) is 19.4 Å². The molecule has 3 N–H and O–H groups in total. The van der Waals surface area contributed by atoms with Crippen LogP contribution in [0.5, 0.6) is 11.5 Å². The second-order valence-electron chi connectivity index (χ2n) is 4.25. The minimum absolute atomic E-state index is 0.155. The molecule has 0 saturated heterocycles. The Morgan fingerprint density at radius 2 is 2.21 bits per heavy atom. The number of nitrogens with one attached hydrogen (secondary N) is 1. The van der Waals surface area contributed by atoms with E-state index in [1.165, 1.54) is 0 Å². The van der Waals surface area contributed by atoms with Crippen LogP contribution >= 0.6 is 11.8 Å². The molecule has 1 aromatic carbocycles. The number of nitrogens with two attached hydrogens (primary N) is 1. The molecule has 0 heterocycles. The molecule has 0 unspecified atom stereocenters. The Morgan fingerprint density at radius 1 is 1.42 bits per heavy atom. The van der Waals surface area contributed by atoms with E-state index >= 15 is 0 Å². The van der Waals surface area contributed by atoms with E-state index in [2.05, 4.69) is 18.5 Å². The number of methoxy groups -OCH3 is 1. The summed E-state index contributed by atoms with van der Waals surface area (Å²) in [6.45, 7) is 3.52. The van der Waals surface area contributed by atoms with Crippen LogP contribution in [0.3, 0.4) is 0 Å². The Labute approximate surface area is 120 Å². The van der Waals surface area contributed by atoms with E-state index in [0.717, 1.165) is 35.9 Å². The minimum Gasteiger partial charge on any atom is -0.494 e. The molecule has 1 rings (SSSR count). The first-order valence-corrected chi connectivity index (χ1v) is 7.89. The van der Waals surface area contributed by atoms with Gasteiger partial charge in [0.15, 0.2) is 0 Å². The van der Waals surface area contributed by atoms with Crippen molar-refractivity contribution in [3.63, 3.8) is 0 Å². The van der Waals surface area contributed by atoms with E-state index in [1.54, 1.807) is 18.9 Å². The molecule has 0 saturated carbocycles. The molecule has 0 amide bonds. The summed E-state index contributed by atoms with van der Waals surface area (Å²) in [6, 6.07) is 5.97. The lowest BCUT2D eigenvalue weighted by Crippen LogP contribution is -2.28. The zero-order chi connectivity index (χ0) is 14.1. The van der Waals surface area contributed by atoms with Gasteiger partial charge in [-0.3, -0.25) is 0 Å². The van der Waals surface area contributed by atoms with Crippen molar-refractivity contribution in [1.82, 2.24) is 0 Å². The smallest absolute Gasteiger partial charge is 0.145 e. The first-order valence-electron chi connectivity index (χ1n) is 6.50. The van der Waals surface area contributed by atoms with Crippen molar-refractivity contribution < 1.29 is 9.47 Å². The Balaban J connectivity index is 2.62. The van der Waals surface area contributed by atoms with Gasteiger partial charge in [-0.25, -0.2) is 0 Å². The summed E-state index contributed by atoms with van der Waals surface area (Å²) in [5, 5.41) is 3.30.